The lowest BCUT2D eigenvalue weighted by molar-refractivity contribution is 0.149. The summed E-state index contributed by atoms with van der Waals surface area (Å²) in [6.07, 6.45) is 5.48. The van der Waals surface area contributed by atoms with Crippen molar-refractivity contribution in [3.05, 3.63) is 71.8 Å². The number of hydrogen-bond acceptors (Lipinski definition) is 1. The van der Waals surface area contributed by atoms with Crippen molar-refractivity contribution in [2.45, 2.75) is 48.7 Å². The van der Waals surface area contributed by atoms with Crippen molar-refractivity contribution >= 4 is 22.6 Å². The maximum atomic E-state index is 2.70. The molecule has 0 unspecified atom stereocenters. The third kappa shape index (κ3) is 4.32. The maximum absolute atomic E-state index is 2.70. The normalized spacial score (nSPS) is 21.9. The summed E-state index contributed by atoms with van der Waals surface area (Å²) >= 11 is 2.68. The van der Waals surface area contributed by atoms with E-state index in [2.05, 4.69) is 88.2 Å². The fourth-order valence-electron chi connectivity index (χ4n) is 3.40. The zero-order valence-corrected chi connectivity index (χ0v) is 15.2. The Balaban J connectivity index is 1.78. The molecule has 2 heteroatoms. The van der Waals surface area contributed by atoms with Crippen molar-refractivity contribution in [1.29, 1.82) is 0 Å². The van der Waals surface area contributed by atoms with Crippen molar-refractivity contribution in [2.75, 3.05) is 0 Å². The second-order valence-electron chi connectivity index (χ2n) is 6.24. The molecule has 0 heterocycles. The van der Waals surface area contributed by atoms with Gasteiger partial charge in [0.15, 0.2) is 0 Å². The Morgan fingerprint density at radius 2 is 1.27 bits per heavy atom. The number of hydrogen-bond donors (Lipinski definition) is 0. The summed E-state index contributed by atoms with van der Waals surface area (Å²) < 4.78 is 0.777. The number of halogens is 1. The van der Waals surface area contributed by atoms with E-state index in [4.69, 9.17) is 0 Å². The molecule has 0 saturated heterocycles. The second-order valence-corrected chi connectivity index (χ2v) is 7.84. The molecule has 1 aliphatic rings. The van der Waals surface area contributed by atoms with Crippen LogP contribution in [0, 0.1) is 0 Å². The molecule has 1 aliphatic carbocycles. The zero-order chi connectivity index (χ0) is 15.2. The molecule has 2 atom stereocenters. The Labute approximate surface area is 147 Å². The summed E-state index contributed by atoms with van der Waals surface area (Å²) in [5.41, 5.74) is 2.85. The summed E-state index contributed by atoms with van der Waals surface area (Å²) in [7, 11) is 0. The van der Waals surface area contributed by atoms with Crippen LogP contribution in [0.3, 0.4) is 0 Å². The van der Waals surface area contributed by atoms with Crippen molar-refractivity contribution in [2.24, 2.45) is 0 Å². The Hall–Kier alpha value is -0.870. The van der Waals surface area contributed by atoms with Crippen LogP contribution in [0.1, 0.15) is 36.8 Å². The predicted octanol–water partition coefficient (Wildman–Crippen LogP) is 5.44. The van der Waals surface area contributed by atoms with Crippen LogP contribution in [-0.4, -0.2) is 14.9 Å². The zero-order valence-electron chi connectivity index (χ0n) is 13.0. The minimum Gasteiger partial charge on any atom is -0.291 e. The molecule has 1 fully saturated rings. The molecule has 0 bridgehead atoms. The summed E-state index contributed by atoms with van der Waals surface area (Å²) in [4.78, 5) is 2.70. The molecule has 0 radical (unpaired) electrons. The van der Waals surface area contributed by atoms with Gasteiger partial charge in [-0.25, -0.2) is 0 Å². The SMILES string of the molecule is I[C@@H]1CCCC[C@H]1N(Cc1ccccc1)Cc1ccccc1. The van der Waals surface area contributed by atoms with Crippen LogP contribution >= 0.6 is 22.6 Å². The van der Waals surface area contributed by atoms with Gasteiger partial charge in [0.2, 0.25) is 0 Å². The van der Waals surface area contributed by atoms with E-state index < -0.39 is 0 Å². The average Bonchev–Trinajstić information content (AvgIpc) is 2.57. The van der Waals surface area contributed by atoms with Gasteiger partial charge < -0.3 is 0 Å². The van der Waals surface area contributed by atoms with Crippen LogP contribution in [0.2, 0.25) is 0 Å². The van der Waals surface area contributed by atoms with Crippen molar-refractivity contribution in [3.8, 4) is 0 Å². The first kappa shape index (κ1) is 16.0. The second kappa shape index (κ2) is 8.11. The first-order valence-electron chi connectivity index (χ1n) is 8.29. The molecule has 2 aromatic carbocycles. The van der Waals surface area contributed by atoms with Crippen LogP contribution in [0.15, 0.2) is 60.7 Å². The lowest BCUT2D eigenvalue weighted by atomic mass is 9.93. The summed E-state index contributed by atoms with van der Waals surface area (Å²) in [5.74, 6) is 0. The van der Waals surface area contributed by atoms with Gasteiger partial charge in [0.25, 0.3) is 0 Å². The predicted molar refractivity (Wildman–Crippen MR) is 102 cm³/mol. The first-order chi connectivity index (χ1) is 10.8. The van der Waals surface area contributed by atoms with E-state index in [0.29, 0.717) is 6.04 Å². The van der Waals surface area contributed by atoms with E-state index in [0.717, 1.165) is 17.0 Å². The lowest BCUT2D eigenvalue weighted by Crippen LogP contribution is -2.42. The third-order valence-electron chi connectivity index (χ3n) is 4.57. The highest BCUT2D eigenvalue weighted by Gasteiger charge is 2.28. The van der Waals surface area contributed by atoms with Crippen molar-refractivity contribution in [3.63, 3.8) is 0 Å². The van der Waals surface area contributed by atoms with E-state index in [1.807, 2.05) is 0 Å². The highest BCUT2D eigenvalue weighted by molar-refractivity contribution is 14.1. The number of rotatable bonds is 5. The van der Waals surface area contributed by atoms with Crippen LogP contribution in [0.25, 0.3) is 0 Å². The lowest BCUT2D eigenvalue weighted by Gasteiger charge is -2.38. The average molecular weight is 405 g/mol. The molecule has 0 N–H and O–H groups in total. The molecule has 1 saturated carbocycles. The van der Waals surface area contributed by atoms with Crippen LogP contribution < -0.4 is 0 Å². The van der Waals surface area contributed by atoms with Gasteiger partial charge in [-0.2, -0.15) is 0 Å². The first-order valence-corrected chi connectivity index (χ1v) is 9.53. The maximum Gasteiger partial charge on any atom is 0.0266 e. The van der Waals surface area contributed by atoms with Crippen LogP contribution in [0.4, 0.5) is 0 Å². The van der Waals surface area contributed by atoms with Gasteiger partial charge in [-0.1, -0.05) is 96.1 Å². The topological polar surface area (TPSA) is 3.24 Å². The van der Waals surface area contributed by atoms with Gasteiger partial charge in [-0.05, 0) is 24.0 Å². The van der Waals surface area contributed by atoms with Crippen molar-refractivity contribution < 1.29 is 0 Å². The molecule has 0 spiro atoms. The van der Waals surface area contributed by atoms with Crippen LogP contribution in [-0.2, 0) is 13.1 Å². The minimum absolute atomic E-state index is 0.703. The Morgan fingerprint density at radius 3 is 1.77 bits per heavy atom. The van der Waals surface area contributed by atoms with Gasteiger partial charge in [0, 0.05) is 23.1 Å². The fraction of sp³-hybridized carbons (Fsp3) is 0.400. The summed E-state index contributed by atoms with van der Waals surface area (Å²) in [6, 6.07) is 22.5. The number of alkyl halides is 1. The highest BCUT2D eigenvalue weighted by Crippen LogP contribution is 2.30. The molecule has 3 rings (SSSR count). The molecule has 0 aromatic heterocycles. The van der Waals surface area contributed by atoms with Crippen molar-refractivity contribution in [1.82, 2.24) is 4.90 Å². The molecule has 22 heavy (non-hydrogen) atoms. The quantitative estimate of drug-likeness (QED) is 0.473. The fourth-order valence-corrected chi connectivity index (χ4v) is 4.66. The third-order valence-corrected chi connectivity index (χ3v) is 6.03. The van der Waals surface area contributed by atoms with Gasteiger partial charge >= 0.3 is 0 Å². The minimum atomic E-state index is 0.703. The van der Waals surface area contributed by atoms with E-state index in [1.165, 1.54) is 36.8 Å². The van der Waals surface area contributed by atoms with Crippen LogP contribution in [0.5, 0.6) is 0 Å². The van der Waals surface area contributed by atoms with Gasteiger partial charge in [-0.3, -0.25) is 4.90 Å². The van der Waals surface area contributed by atoms with E-state index >= 15 is 0 Å². The Morgan fingerprint density at radius 1 is 0.773 bits per heavy atom. The Kier molecular flexibility index (Phi) is 5.90. The smallest absolute Gasteiger partial charge is 0.0266 e. The molecule has 0 amide bonds. The van der Waals surface area contributed by atoms with Gasteiger partial charge in [0.05, 0.1) is 0 Å². The summed E-state index contributed by atoms with van der Waals surface area (Å²) in [6.45, 7) is 2.11. The molecular formula is C20H24IN. The molecule has 116 valence electrons. The monoisotopic (exact) mass is 405 g/mol. The van der Waals surface area contributed by atoms with E-state index in [9.17, 15) is 0 Å². The standard InChI is InChI=1S/C20H24IN/c21-19-13-7-8-14-20(19)22(15-17-9-3-1-4-10-17)16-18-11-5-2-6-12-18/h1-6,9-12,19-20H,7-8,13-16H2/t19-,20-/m1/s1. The highest BCUT2D eigenvalue weighted by atomic mass is 127. The molecule has 1 nitrogen and oxygen atoms in total. The van der Waals surface area contributed by atoms with Gasteiger partial charge in [0.1, 0.15) is 0 Å². The molecular weight excluding hydrogens is 381 g/mol. The molecule has 0 aliphatic heterocycles. The number of benzene rings is 2. The van der Waals surface area contributed by atoms with E-state index in [1.54, 1.807) is 0 Å². The Bertz CT molecular complexity index is 513. The largest absolute Gasteiger partial charge is 0.291 e. The molecule has 2 aromatic rings. The van der Waals surface area contributed by atoms with Gasteiger partial charge in [-0.15, -0.1) is 0 Å². The number of nitrogens with zero attached hydrogens (tertiary/aromatic N) is 1. The summed E-state index contributed by atoms with van der Waals surface area (Å²) in [5, 5.41) is 0. The van der Waals surface area contributed by atoms with E-state index in [-0.39, 0.29) is 0 Å².